The fraction of sp³-hybridized carbons (Fsp3) is 0.462. The lowest BCUT2D eigenvalue weighted by Crippen LogP contribution is -2.29. The first kappa shape index (κ1) is 14.6. The first-order valence-corrected chi connectivity index (χ1v) is 6.84. The molecule has 0 aromatic carbocycles. The zero-order chi connectivity index (χ0) is 14.9. The molecular formula is C13H18ClN5O. The van der Waals surface area contributed by atoms with Crippen LogP contribution in [0.25, 0.3) is 0 Å². The second-order valence-electron chi connectivity index (χ2n) is 4.66. The van der Waals surface area contributed by atoms with E-state index in [1.165, 1.54) is 6.20 Å². The van der Waals surface area contributed by atoms with Crippen LogP contribution in [0.2, 0.25) is 5.02 Å². The average Bonchev–Trinajstić information content (AvgIpc) is 2.93. The molecule has 2 rings (SSSR count). The summed E-state index contributed by atoms with van der Waals surface area (Å²) in [5, 5.41) is 11.5. The van der Waals surface area contributed by atoms with Crippen LogP contribution in [0, 0.1) is 6.92 Å². The molecule has 2 aromatic heterocycles. The summed E-state index contributed by atoms with van der Waals surface area (Å²) in [6.07, 6.45) is 3.25. The number of aromatic nitrogens is 4. The van der Waals surface area contributed by atoms with E-state index in [4.69, 9.17) is 11.6 Å². The number of aryl methyl sites for hydroxylation is 2. The van der Waals surface area contributed by atoms with Gasteiger partial charge in [-0.25, -0.2) is 0 Å². The monoisotopic (exact) mass is 295 g/mol. The molecule has 0 fully saturated rings. The average molecular weight is 296 g/mol. The topological polar surface area (TPSA) is 64.7 Å². The lowest BCUT2D eigenvalue weighted by atomic mass is 10.1. The Morgan fingerprint density at radius 3 is 2.70 bits per heavy atom. The van der Waals surface area contributed by atoms with Gasteiger partial charge in [-0.2, -0.15) is 10.2 Å². The van der Waals surface area contributed by atoms with E-state index in [-0.39, 0.29) is 11.9 Å². The van der Waals surface area contributed by atoms with Gasteiger partial charge < -0.3 is 5.32 Å². The fourth-order valence-electron chi connectivity index (χ4n) is 2.11. The van der Waals surface area contributed by atoms with Crippen molar-refractivity contribution in [3.63, 3.8) is 0 Å². The summed E-state index contributed by atoms with van der Waals surface area (Å²) in [4.78, 5) is 12.3. The molecule has 1 N–H and O–H groups in total. The van der Waals surface area contributed by atoms with Gasteiger partial charge in [0.05, 0.1) is 23.5 Å². The number of nitrogens with zero attached hydrogens (tertiary/aromatic N) is 4. The molecule has 1 unspecified atom stereocenters. The zero-order valence-electron chi connectivity index (χ0n) is 12.0. The SMILES string of the molecule is CCn1ncc(Cl)c1C(=O)NC(C)c1cnn(C)c1C. The summed E-state index contributed by atoms with van der Waals surface area (Å²) in [5.41, 5.74) is 2.40. The maximum atomic E-state index is 12.3. The second kappa shape index (κ2) is 5.66. The molecule has 0 radical (unpaired) electrons. The fourth-order valence-corrected chi connectivity index (χ4v) is 2.34. The highest BCUT2D eigenvalue weighted by molar-refractivity contribution is 6.33. The second-order valence-corrected chi connectivity index (χ2v) is 5.07. The van der Waals surface area contributed by atoms with Gasteiger partial charge in [-0.15, -0.1) is 0 Å². The van der Waals surface area contributed by atoms with Gasteiger partial charge in [-0.1, -0.05) is 11.6 Å². The van der Waals surface area contributed by atoms with Crippen molar-refractivity contribution >= 4 is 17.5 Å². The predicted octanol–water partition coefficient (Wildman–Crippen LogP) is 2.09. The minimum atomic E-state index is -0.231. The summed E-state index contributed by atoms with van der Waals surface area (Å²) in [7, 11) is 1.87. The number of hydrogen-bond acceptors (Lipinski definition) is 3. The van der Waals surface area contributed by atoms with Crippen LogP contribution in [0.1, 0.15) is 41.6 Å². The van der Waals surface area contributed by atoms with Crippen molar-refractivity contribution < 1.29 is 4.79 Å². The van der Waals surface area contributed by atoms with Crippen molar-refractivity contribution in [2.75, 3.05) is 0 Å². The van der Waals surface area contributed by atoms with E-state index in [0.717, 1.165) is 11.3 Å². The maximum absolute atomic E-state index is 12.3. The van der Waals surface area contributed by atoms with E-state index in [1.807, 2.05) is 27.8 Å². The smallest absolute Gasteiger partial charge is 0.271 e. The molecule has 0 bridgehead atoms. The van der Waals surface area contributed by atoms with E-state index >= 15 is 0 Å². The van der Waals surface area contributed by atoms with Crippen LogP contribution < -0.4 is 5.32 Å². The molecule has 2 heterocycles. The predicted molar refractivity (Wildman–Crippen MR) is 76.7 cm³/mol. The van der Waals surface area contributed by atoms with E-state index in [2.05, 4.69) is 15.5 Å². The Kier molecular flexibility index (Phi) is 4.13. The van der Waals surface area contributed by atoms with Crippen LogP contribution in [-0.4, -0.2) is 25.5 Å². The van der Waals surface area contributed by atoms with Crippen molar-refractivity contribution in [1.82, 2.24) is 24.9 Å². The highest BCUT2D eigenvalue weighted by atomic mass is 35.5. The molecule has 0 aliphatic carbocycles. The minimum Gasteiger partial charge on any atom is -0.344 e. The molecule has 1 atom stereocenters. The number of halogens is 1. The molecule has 20 heavy (non-hydrogen) atoms. The molecule has 6 nitrogen and oxygen atoms in total. The molecule has 7 heteroatoms. The van der Waals surface area contributed by atoms with Crippen molar-refractivity contribution in [3.8, 4) is 0 Å². The number of rotatable bonds is 4. The van der Waals surface area contributed by atoms with E-state index in [1.54, 1.807) is 15.6 Å². The number of carbonyl (C=O) groups is 1. The lowest BCUT2D eigenvalue weighted by Gasteiger charge is -2.14. The maximum Gasteiger partial charge on any atom is 0.271 e. The third-order valence-electron chi connectivity index (χ3n) is 3.40. The third kappa shape index (κ3) is 2.56. The van der Waals surface area contributed by atoms with Crippen LogP contribution in [0.5, 0.6) is 0 Å². The first-order valence-electron chi connectivity index (χ1n) is 6.46. The van der Waals surface area contributed by atoms with Gasteiger partial charge >= 0.3 is 0 Å². The first-order chi connectivity index (χ1) is 9.45. The Balaban J connectivity index is 2.19. The Hall–Kier alpha value is -1.82. The normalized spacial score (nSPS) is 12.4. The van der Waals surface area contributed by atoms with Gasteiger partial charge in [0, 0.05) is 24.8 Å². The Morgan fingerprint density at radius 2 is 2.15 bits per heavy atom. The summed E-state index contributed by atoms with van der Waals surface area (Å²) in [6.45, 7) is 6.39. The van der Waals surface area contributed by atoms with Crippen molar-refractivity contribution in [2.45, 2.75) is 33.4 Å². The number of carbonyl (C=O) groups excluding carboxylic acids is 1. The minimum absolute atomic E-state index is 0.146. The molecule has 2 aromatic rings. The molecule has 1 amide bonds. The summed E-state index contributed by atoms with van der Waals surface area (Å²) >= 11 is 6.02. The number of hydrogen-bond donors (Lipinski definition) is 1. The van der Waals surface area contributed by atoms with Crippen molar-refractivity contribution in [3.05, 3.63) is 34.4 Å². The highest BCUT2D eigenvalue weighted by Crippen LogP contribution is 2.19. The van der Waals surface area contributed by atoms with Crippen LogP contribution in [0.3, 0.4) is 0 Å². The van der Waals surface area contributed by atoms with Gasteiger partial charge in [0.1, 0.15) is 5.69 Å². The largest absolute Gasteiger partial charge is 0.344 e. The van der Waals surface area contributed by atoms with Gasteiger partial charge in [-0.05, 0) is 20.8 Å². The van der Waals surface area contributed by atoms with Crippen LogP contribution >= 0.6 is 11.6 Å². The molecule has 0 aliphatic heterocycles. The van der Waals surface area contributed by atoms with Gasteiger partial charge in [-0.3, -0.25) is 14.2 Å². The quantitative estimate of drug-likeness (QED) is 0.939. The van der Waals surface area contributed by atoms with Gasteiger partial charge in [0.25, 0.3) is 5.91 Å². The number of nitrogens with one attached hydrogen (secondary N) is 1. The molecular weight excluding hydrogens is 278 g/mol. The zero-order valence-corrected chi connectivity index (χ0v) is 12.8. The number of amides is 1. The summed E-state index contributed by atoms with van der Waals surface area (Å²) < 4.78 is 3.36. The molecule has 108 valence electrons. The lowest BCUT2D eigenvalue weighted by molar-refractivity contribution is 0.0929. The third-order valence-corrected chi connectivity index (χ3v) is 3.67. The van der Waals surface area contributed by atoms with Gasteiger partial charge in [0.15, 0.2) is 0 Å². The van der Waals surface area contributed by atoms with Crippen molar-refractivity contribution in [2.24, 2.45) is 7.05 Å². The van der Waals surface area contributed by atoms with E-state index in [0.29, 0.717) is 17.3 Å². The summed E-state index contributed by atoms with van der Waals surface area (Å²) in [6, 6.07) is -0.146. The van der Waals surface area contributed by atoms with E-state index < -0.39 is 0 Å². The van der Waals surface area contributed by atoms with Crippen LogP contribution in [0.15, 0.2) is 12.4 Å². The van der Waals surface area contributed by atoms with Crippen LogP contribution in [-0.2, 0) is 13.6 Å². The molecule has 0 saturated carbocycles. The molecule has 0 aliphatic rings. The van der Waals surface area contributed by atoms with E-state index in [9.17, 15) is 4.79 Å². The van der Waals surface area contributed by atoms with Gasteiger partial charge in [0.2, 0.25) is 0 Å². The summed E-state index contributed by atoms with van der Waals surface area (Å²) in [5.74, 6) is -0.231. The molecule has 0 saturated heterocycles. The highest BCUT2D eigenvalue weighted by Gasteiger charge is 2.20. The Labute approximate surface area is 122 Å². The Morgan fingerprint density at radius 1 is 1.45 bits per heavy atom. The molecule has 0 spiro atoms. The standard InChI is InChI=1S/C13H18ClN5O/c1-5-19-12(11(14)7-16-19)13(20)17-8(2)10-6-15-18(4)9(10)3/h6-8H,5H2,1-4H3,(H,17,20). The van der Waals surface area contributed by atoms with Crippen molar-refractivity contribution in [1.29, 1.82) is 0 Å². The Bertz CT molecular complexity index is 631. The van der Waals surface area contributed by atoms with Crippen LogP contribution in [0.4, 0.5) is 0 Å².